The fourth-order valence-electron chi connectivity index (χ4n) is 1.74. The highest BCUT2D eigenvalue weighted by molar-refractivity contribution is 5.96. The fourth-order valence-corrected chi connectivity index (χ4v) is 1.74. The highest BCUT2D eigenvalue weighted by Gasteiger charge is 2.19. The Bertz CT molecular complexity index is 688. The van der Waals surface area contributed by atoms with Crippen LogP contribution in [0.2, 0.25) is 0 Å². The SMILES string of the molecule is C[C@H](Oc1ccc(F)cc1)C(=O)Nc1ccccc1[N+](=O)[O-]. The third-order valence-corrected chi connectivity index (χ3v) is 2.85. The van der Waals surface area contributed by atoms with Gasteiger partial charge in [-0.2, -0.15) is 0 Å². The highest BCUT2D eigenvalue weighted by Crippen LogP contribution is 2.23. The quantitative estimate of drug-likeness (QED) is 0.679. The third kappa shape index (κ3) is 3.78. The molecule has 0 unspecified atom stereocenters. The summed E-state index contributed by atoms with van der Waals surface area (Å²) in [6.45, 7) is 1.49. The molecule has 0 aliphatic rings. The number of amides is 1. The van der Waals surface area contributed by atoms with Crippen molar-refractivity contribution in [1.82, 2.24) is 0 Å². The largest absolute Gasteiger partial charge is 0.481 e. The van der Waals surface area contributed by atoms with Gasteiger partial charge in [0.05, 0.1) is 4.92 Å². The van der Waals surface area contributed by atoms with Gasteiger partial charge in [-0.3, -0.25) is 14.9 Å². The Labute approximate surface area is 125 Å². The van der Waals surface area contributed by atoms with Gasteiger partial charge >= 0.3 is 0 Å². The highest BCUT2D eigenvalue weighted by atomic mass is 19.1. The number of rotatable bonds is 5. The van der Waals surface area contributed by atoms with E-state index in [1.54, 1.807) is 6.07 Å². The predicted octanol–water partition coefficient (Wildman–Crippen LogP) is 3.14. The molecule has 1 atom stereocenters. The Balaban J connectivity index is 2.05. The normalized spacial score (nSPS) is 11.5. The van der Waals surface area contributed by atoms with Gasteiger partial charge in [-0.25, -0.2) is 4.39 Å². The molecule has 1 N–H and O–H groups in total. The van der Waals surface area contributed by atoms with Crippen LogP contribution in [0.5, 0.6) is 5.75 Å². The van der Waals surface area contributed by atoms with E-state index >= 15 is 0 Å². The monoisotopic (exact) mass is 304 g/mol. The molecule has 22 heavy (non-hydrogen) atoms. The van der Waals surface area contributed by atoms with Gasteiger partial charge in [0.15, 0.2) is 6.10 Å². The summed E-state index contributed by atoms with van der Waals surface area (Å²) in [5.74, 6) is -0.630. The minimum absolute atomic E-state index is 0.0899. The number of nitrogens with zero attached hydrogens (tertiary/aromatic N) is 1. The number of nitrogens with one attached hydrogen (secondary N) is 1. The molecule has 2 aromatic rings. The summed E-state index contributed by atoms with van der Waals surface area (Å²) in [5, 5.41) is 13.3. The van der Waals surface area contributed by atoms with Gasteiger partial charge in [-0.05, 0) is 37.3 Å². The van der Waals surface area contributed by atoms with Crippen LogP contribution in [0.3, 0.4) is 0 Å². The number of nitro benzene ring substituents is 1. The molecule has 0 aliphatic heterocycles. The van der Waals surface area contributed by atoms with Crippen molar-refractivity contribution in [2.45, 2.75) is 13.0 Å². The van der Waals surface area contributed by atoms with Crippen molar-refractivity contribution in [3.63, 3.8) is 0 Å². The molecule has 7 heteroatoms. The van der Waals surface area contributed by atoms with E-state index in [0.717, 1.165) is 0 Å². The second-order valence-corrected chi connectivity index (χ2v) is 4.48. The van der Waals surface area contributed by atoms with Crippen molar-refractivity contribution in [3.05, 3.63) is 64.5 Å². The van der Waals surface area contributed by atoms with E-state index in [-0.39, 0.29) is 11.4 Å². The van der Waals surface area contributed by atoms with Gasteiger partial charge in [-0.1, -0.05) is 12.1 Å². The van der Waals surface area contributed by atoms with Gasteiger partial charge in [0.1, 0.15) is 17.3 Å². The maximum atomic E-state index is 12.8. The zero-order chi connectivity index (χ0) is 16.1. The Morgan fingerprint density at radius 1 is 1.23 bits per heavy atom. The molecule has 0 spiro atoms. The molecule has 0 saturated heterocycles. The molecule has 0 fully saturated rings. The standard InChI is InChI=1S/C15H13FN2O4/c1-10(22-12-8-6-11(16)7-9-12)15(19)17-13-4-2-3-5-14(13)18(20)21/h2-10H,1H3,(H,17,19)/t10-/m0/s1. The molecule has 2 aromatic carbocycles. The van der Waals surface area contributed by atoms with Crippen LogP contribution in [-0.2, 0) is 4.79 Å². The Kier molecular flexibility index (Phi) is 4.67. The molecule has 0 aromatic heterocycles. The summed E-state index contributed by atoms with van der Waals surface area (Å²) in [7, 11) is 0. The lowest BCUT2D eigenvalue weighted by Crippen LogP contribution is -2.30. The van der Waals surface area contributed by atoms with Crippen molar-refractivity contribution < 1.29 is 18.8 Å². The first-order valence-electron chi connectivity index (χ1n) is 6.44. The molecule has 114 valence electrons. The first-order chi connectivity index (χ1) is 10.5. The summed E-state index contributed by atoms with van der Waals surface area (Å²) in [6, 6.07) is 11.0. The Morgan fingerprint density at radius 2 is 1.86 bits per heavy atom. The maximum absolute atomic E-state index is 12.8. The molecule has 2 rings (SSSR count). The number of ether oxygens (including phenoxy) is 1. The number of halogens is 1. The maximum Gasteiger partial charge on any atom is 0.292 e. The van der Waals surface area contributed by atoms with Crippen LogP contribution in [0, 0.1) is 15.9 Å². The van der Waals surface area contributed by atoms with Gasteiger partial charge in [0, 0.05) is 6.07 Å². The number of nitro groups is 1. The van der Waals surface area contributed by atoms with Crippen LogP contribution in [-0.4, -0.2) is 16.9 Å². The van der Waals surface area contributed by atoms with Crippen molar-refractivity contribution in [3.8, 4) is 5.75 Å². The minimum atomic E-state index is -0.898. The minimum Gasteiger partial charge on any atom is -0.481 e. The number of para-hydroxylation sites is 2. The van der Waals surface area contributed by atoms with Crippen LogP contribution >= 0.6 is 0 Å². The topological polar surface area (TPSA) is 81.5 Å². The van der Waals surface area contributed by atoms with E-state index in [2.05, 4.69) is 5.32 Å². The molecule has 0 saturated carbocycles. The van der Waals surface area contributed by atoms with E-state index in [0.29, 0.717) is 5.75 Å². The summed E-state index contributed by atoms with van der Waals surface area (Å²) >= 11 is 0. The summed E-state index contributed by atoms with van der Waals surface area (Å²) in [5.41, 5.74) is -0.114. The molecule has 0 bridgehead atoms. The molecule has 0 heterocycles. The summed E-state index contributed by atoms with van der Waals surface area (Å²) in [4.78, 5) is 22.3. The van der Waals surface area contributed by atoms with Crippen LogP contribution < -0.4 is 10.1 Å². The van der Waals surface area contributed by atoms with Crippen LogP contribution in [0.1, 0.15) is 6.92 Å². The van der Waals surface area contributed by atoms with Crippen molar-refractivity contribution in [1.29, 1.82) is 0 Å². The lowest BCUT2D eigenvalue weighted by Gasteiger charge is -2.14. The van der Waals surface area contributed by atoms with Crippen LogP contribution in [0.15, 0.2) is 48.5 Å². The van der Waals surface area contributed by atoms with Crippen molar-refractivity contribution in [2.24, 2.45) is 0 Å². The zero-order valence-electron chi connectivity index (χ0n) is 11.7. The average molecular weight is 304 g/mol. The van der Waals surface area contributed by atoms with E-state index in [9.17, 15) is 19.3 Å². The second kappa shape index (κ2) is 6.66. The smallest absolute Gasteiger partial charge is 0.292 e. The number of carbonyl (C=O) groups excluding carboxylic acids is 1. The zero-order valence-corrected chi connectivity index (χ0v) is 11.7. The molecule has 0 radical (unpaired) electrons. The van der Waals surface area contributed by atoms with Crippen molar-refractivity contribution >= 4 is 17.3 Å². The Hall–Kier alpha value is -2.96. The van der Waals surface area contributed by atoms with E-state index < -0.39 is 22.8 Å². The molecule has 6 nitrogen and oxygen atoms in total. The number of carbonyl (C=O) groups is 1. The van der Waals surface area contributed by atoms with Crippen LogP contribution in [0.25, 0.3) is 0 Å². The molecular weight excluding hydrogens is 291 g/mol. The lowest BCUT2D eigenvalue weighted by molar-refractivity contribution is -0.383. The van der Waals surface area contributed by atoms with E-state index in [1.807, 2.05) is 0 Å². The molecule has 0 aliphatic carbocycles. The second-order valence-electron chi connectivity index (χ2n) is 4.48. The summed E-state index contributed by atoms with van der Waals surface area (Å²) in [6.07, 6.45) is -0.898. The van der Waals surface area contributed by atoms with Gasteiger partial charge in [0.25, 0.3) is 11.6 Å². The first kappa shape index (κ1) is 15.4. The molecule has 1 amide bonds. The fraction of sp³-hybridized carbons (Fsp3) is 0.133. The lowest BCUT2D eigenvalue weighted by atomic mass is 10.2. The Morgan fingerprint density at radius 3 is 2.50 bits per heavy atom. The van der Waals surface area contributed by atoms with Gasteiger partial charge in [-0.15, -0.1) is 0 Å². The number of benzene rings is 2. The first-order valence-corrected chi connectivity index (χ1v) is 6.44. The molecular formula is C15H13FN2O4. The van der Waals surface area contributed by atoms with E-state index in [1.165, 1.54) is 49.4 Å². The number of hydrogen-bond donors (Lipinski definition) is 1. The van der Waals surface area contributed by atoms with Gasteiger partial charge in [0.2, 0.25) is 0 Å². The summed E-state index contributed by atoms with van der Waals surface area (Å²) < 4.78 is 18.1. The van der Waals surface area contributed by atoms with Gasteiger partial charge < -0.3 is 10.1 Å². The van der Waals surface area contributed by atoms with Crippen LogP contribution in [0.4, 0.5) is 15.8 Å². The number of anilines is 1. The number of hydrogen-bond acceptors (Lipinski definition) is 4. The van der Waals surface area contributed by atoms with E-state index in [4.69, 9.17) is 4.74 Å². The third-order valence-electron chi connectivity index (χ3n) is 2.85. The predicted molar refractivity (Wildman–Crippen MR) is 78.2 cm³/mol. The average Bonchev–Trinajstić information content (AvgIpc) is 2.49. The van der Waals surface area contributed by atoms with Crippen molar-refractivity contribution in [2.75, 3.05) is 5.32 Å².